The van der Waals surface area contributed by atoms with Crippen LogP contribution in [-0.2, 0) is 6.54 Å². The van der Waals surface area contributed by atoms with Gasteiger partial charge in [-0.15, -0.1) is 0 Å². The van der Waals surface area contributed by atoms with Gasteiger partial charge in [0.05, 0.1) is 11.8 Å². The van der Waals surface area contributed by atoms with Gasteiger partial charge in [0, 0.05) is 18.7 Å². The molecular weight excluding hydrogens is 252 g/mol. The Kier molecular flexibility index (Phi) is 4.57. The molecule has 0 aliphatic carbocycles. The molecule has 0 bridgehead atoms. The van der Waals surface area contributed by atoms with Crippen molar-refractivity contribution in [3.05, 3.63) is 42.3 Å². The van der Waals surface area contributed by atoms with Gasteiger partial charge in [0.1, 0.15) is 6.26 Å². The summed E-state index contributed by atoms with van der Waals surface area (Å²) in [6.45, 7) is 7.18. The number of aromatic nitrogens is 1. The molecule has 0 spiro atoms. The highest BCUT2D eigenvalue weighted by atomic mass is 16.3. The highest BCUT2D eigenvalue weighted by Gasteiger charge is 2.21. The van der Waals surface area contributed by atoms with E-state index in [1.165, 1.54) is 0 Å². The van der Waals surface area contributed by atoms with E-state index in [1.807, 2.05) is 51.1 Å². The van der Waals surface area contributed by atoms with Crippen molar-refractivity contribution in [1.29, 1.82) is 0 Å². The van der Waals surface area contributed by atoms with Gasteiger partial charge < -0.3 is 14.8 Å². The fourth-order valence-corrected chi connectivity index (χ4v) is 1.74. The molecule has 0 saturated carbocycles. The van der Waals surface area contributed by atoms with Crippen LogP contribution in [0.25, 0.3) is 11.5 Å². The highest BCUT2D eigenvalue weighted by molar-refractivity contribution is 5.52. The molecule has 2 rings (SSSR count). The lowest BCUT2D eigenvalue weighted by atomic mass is 9.89. The van der Waals surface area contributed by atoms with Crippen LogP contribution in [0.3, 0.4) is 0 Å². The summed E-state index contributed by atoms with van der Waals surface area (Å²) in [5.74, 6) is 0.624. The van der Waals surface area contributed by atoms with Crippen LogP contribution in [-0.4, -0.2) is 22.7 Å². The van der Waals surface area contributed by atoms with Crippen molar-refractivity contribution in [1.82, 2.24) is 10.3 Å². The Morgan fingerprint density at radius 3 is 2.60 bits per heavy atom. The highest BCUT2D eigenvalue weighted by Crippen LogP contribution is 2.19. The summed E-state index contributed by atoms with van der Waals surface area (Å²) in [7, 11) is 0. The molecule has 2 N–H and O–H groups in total. The molecule has 1 atom stereocenters. The van der Waals surface area contributed by atoms with Crippen LogP contribution in [0, 0.1) is 5.41 Å². The summed E-state index contributed by atoms with van der Waals surface area (Å²) in [5.41, 5.74) is 1.69. The van der Waals surface area contributed by atoms with Gasteiger partial charge in [-0.25, -0.2) is 4.98 Å². The van der Waals surface area contributed by atoms with E-state index in [0.29, 0.717) is 19.0 Å². The number of aliphatic hydroxyl groups excluding tert-OH is 1. The predicted octanol–water partition coefficient (Wildman–Crippen LogP) is 2.84. The van der Waals surface area contributed by atoms with E-state index in [4.69, 9.17) is 4.42 Å². The Labute approximate surface area is 119 Å². The minimum atomic E-state index is -0.386. The van der Waals surface area contributed by atoms with Crippen molar-refractivity contribution >= 4 is 0 Å². The minimum Gasteiger partial charge on any atom is -0.444 e. The van der Waals surface area contributed by atoms with Crippen molar-refractivity contribution in [3.63, 3.8) is 0 Å². The van der Waals surface area contributed by atoms with Gasteiger partial charge in [0.15, 0.2) is 0 Å². The number of nitrogens with one attached hydrogen (secondary N) is 1. The summed E-state index contributed by atoms with van der Waals surface area (Å²) < 4.78 is 5.46. The topological polar surface area (TPSA) is 58.3 Å². The van der Waals surface area contributed by atoms with Gasteiger partial charge in [-0.3, -0.25) is 0 Å². The molecule has 108 valence electrons. The number of nitrogens with zero attached hydrogens (tertiary/aromatic N) is 1. The average molecular weight is 274 g/mol. The molecule has 20 heavy (non-hydrogen) atoms. The van der Waals surface area contributed by atoms with Crippen LogP contribution in [0.5, 0.6) is 0 Å². The Bertz CT molecular complexity index is 529. The lowest BCUT2D eigenvalue weighted by molar-refractivity contribution is 0.0627. The molecule has 1 heterocycles. The summed E-state index contributed by atoms with van der Waals surface area (Å²) in [5, 5.41) is 13.1. The number of hydrogen-bond acceptors (Lipinski definition) is 4. The van der Waals surface area contributed by atoms with Crippen LogP contribution in [0.15, 0.2) is 41.0 Å². The van der Waals surface area contributed by atoms with E-state index in [2.05, 4.69) is 10.3 Å². The van der Waals surface area contributed by atoms with E-state index < -0.39 is 0 Å². The Morgan fingerprint density at radius 2 is 1.95 bits per heavy atom. The lowest BCUT2D eigenvalue weighted by Crippen LogP contribution is -2.36. The minimum absolute atomic E-state index is 0.119. The van der Waals surface area contributed by atoms with Crippen molar-refractivity contribution in [2.45, 2.75) is 33.4 Å². The standard InChI is InChI=1S/C16H22N2O2/c1-16(2,3)14(19)10-17-9-13-11-20-15(18-13)12-7-5-4-6-8-12/h4-8,11,14,17,19H,9-10H2,1-3H3. The third-order valence-corrected chi connectivity index (χ3v) is 3.22. The second-order valence-corrected chi connectivity index (χ2v) is 6.02. The second-order valence-electron chi connectivity index (χ2n) is 6.02. The fourth-order valence-electron chi connectivity index (χ4n) is 1.74. The van der Waals surface area contributed by atoms with Crippen LogP contribution >= 0.6 is 0 Å². The van der Waals surface area contributed by atoms with E-state index in [0.717, 1.165) is 11.3 Å². The maximum absolute atomic E-state index is 9.94. The molecule has 1 aromatic carbocycles. The van der Waals surface area contributed by atoms with Crippen LogP contribution in [0.1, 0.15) is 26.5 Å². The molecule has 0 aliphatic heterocycles. The van der Waals surface area contributed by atoms with Crippen LogP contribution in [0.4, 0.5) is 0 Å². The largest absolute Gasteiger partial charge is 0.444 e. The van der Waals surface area contributed by atoms with E-state index in [1.54, 1.807) is 6.26 Å². The first-order valence-electron chi connectivity index (χ1n) is 6.85. The van der Waals surface area contributed by atoms with Gasteiger partial charge in [0.25, 0.3) is 0 Å². The lowest BCUT2D eigenvalue weighted by Gasteiger charge is -2.25. The molecule has 1 aromatic heterocycles. The summed E-state index contributed by atoms with van der Waals surface area (Å²) in [4.78, 5) is 4.43. The molecule has 0 radical (unpaired) electrons. The molecule has 2 aromatic rings. The third-order valence-electron chi connectivity index (χ3n) is 3.22. The van der Waals surface area contributed by atoms with E-state index >= 15 is 0 Å². The summed E-state index contributed by atoms with van der Waals surface area (Å²) in [6, 6.07) is 9.80. The van der Waals surface area contributed by atoms with Gasteiger partial charge in [-0.2, -0.15) is 0 Å². The molecular formula is C16H22N2O2. The Balaban J connectivity index is 1.88. The van der Waals surface area contributed by atoms with Crippen molar-refractivity contribution in [3.8, 4) is 11.5 Å². The first-order valence-corrected chi connectivity index (χ1v) is 6.85. The zero-order valence-corrected chi connectivity index (χ0v) is 12.3. The molecule has 4 heteroatoms. The maximum Gasteiger partial charge on any atom is 0.226 e. The number of aliphatic hydroxyl groups is 1. The van der Waals surface area contributed by atoms with Crippen LogP contribution in [0.2, 0.25) is 0 Å². The fraction of sp³-hybridized carbons (Fsp3) is 0.438. The summed E-state index contributed by atoms with van der Waals surface area (Å²) >= 11 is 0. The van der Waals surface area contributed by atoms with Crippen LogP contribution < -0.4 is 5.32 Å². The number of hydrogen-bond donors (Lipinski definition) is 2. The quantitative estimate of drug-likeness (QED) is 0.880. The third kappa shape index (κ3) is 3.92. The van der Waals surface area contributed by atoms with Crippen molar-refractivity contribution in [2.75, 3.05) is 6.54 Å². The molecule has 0 fully saturated rings. The monoisotopic (exact) mass is 274 g/mol. The van der Waals surface area contributed by atoms with Gasteiger partial charge in [-0.05, 0) is 17.5 Å². The van der Waals surface area contributed by atoms with Crippen molar-refractivity contribution in [2.24, 2.45) is 5.41 Å². The number of rotatable bonds is 5. The SMILES string of the molecule is CC(C)(C)C(O)CNCc1coc(-c2ccccc2)n1. The molecule has 0 aliphatic rings. The van der Waals surface area contributed by atoms with Gasteiger partial charge >= 0.3 is 0 Å². The first kappa shape index (κ1) is 14.8. The maximum atomic E-state index is 9.94. The zero-order valence-electron chi connectivity index (χ0n) is 12.3. The zero-order chi connectivity index (χ0) is 14.6. The molecule has 0 saturated heterocycles. The van der Waals surface area contributed by atoms with E-state index in [-0.39, 0.29) is 11.5 Å². The van der Waals surface area contributed by atoms with Gasteiger partial charge in [0.2, 0.25) is 5.89 Å². The number of oxazole rings is 1. The normalized spacial score (nSPS) is 13.4. The predicted molar refractivity (Wildman–Crippen MR) is 79.1 cm³/mol. The second kappa shape index (κ2) is 6.20. The first-order chi connectivity index (χ1) is 9.47. The molecule has 1 unspecified atom stereocenters. The molecule has 4 nitrogen and oxygen atoms in total. The smallest absolute Gasteiger partial charge is 0.226 e. The average Bonchev–Trinajstić information content (AvgIpc) is 2.87. The molecule has 0 amide bonds. The Hall–Kier alpha value is -1.65. The number of benzene rings is 1. The van der Waals surface area contributed by atoms with Gasteiger partial charge in [-0.1, -0.05) is 39.0 Å². The van der Waals surface area contributed by atoms with Crippen molar-refractivity contribution < 1.29 is 9.52 Å². The van der Waals surface area contributed by atoms with E-state index in [9.17, 15) is 5.11 Å². The Morgan fingerprint density at radius 1 is 1.25 bits per heavy atom. The summed E-state index contributed by atoms with van der Waals surface area (Å²) in [6.07, 6.45) is 1.27.